The zero-order chi connectivity index (χ0) is 20.5. The Labute approximate surface area is 160 Å². The SMILES string of the molecule is COC(=O)c1cc(NC(=O)COC(=O)CCc2ccco2)cc(C(=O)OC)c1. The van der Waals surface area contributed by atoms with Crippen LogP contribution in [0.5, 0.6) is 0 Å². The van der Waals surface area contributed by atoms with Crippen molar-refractivity contribution in [2.24, 2.45) is 0 Å². The van der Waals surface area contributed by atoms with Gasteiger partial charge in [-0.25, -0.2) is 9.59 Å². The summed E-state index contributed by atoms with van der Waals surface area (Å²) in [6.07, 6.45) is 1.92. The van der Waals surface area contributed by atoms with E-state index in [0.717, 1.165) is 0 Å². The monoisotopic (exact) mass is 389 g/mol. The average Bonchev–Trinajstić information content (AvgIpc) is 3.22. The number of nitrogens with one attached hydrogen (secondary N) is 1. The van der Waals surface area contributed by atoms with E-state index in [4.69, 9.17) is 9.15 Å². The number of methoxy groups -OCH3 is 2. The predicted octanol–water partition coefficient (Wildman–Crippen LogP) is 1.97. The summed E-state index contributed by atoms with van der Waals surface area (Å²) in [5, 5.41) is 2.46. The van der Waals surface area contributed by atoms with Gasteiger partial charge in [0.1, 0.15) is 5.76 Å². The molecule has 9 heteroatoms. The van der Waals surface area contributed by atoms with Crippen LogP contribution < -0.4 is 5.32 Å². The molecule has 0 saturated carbocycles. The molecule has 1 heterocycles. The average molecular weight is 389 g/mol. The van der Waals surface area contributed by atoms with Crippen molar-refractivity contribution >= 4 is 29.5 Å². The molecule has 0 aliphatic heterocycles. The maximum Gasteiger partial charge on any atom is 0.337 e. The normalized spacial score (nSPS) is 10.1. The Balaban J connectivity index is 1.95. The molecular formula is C19H19NO8. The van der Waals surface area contributed by atoms with E-state index in [1.54, 1.807) is 12.1 Å². The Morgan fingerprint density at radius 2 is 1.64 bits per heavy atom. The molecule has 0 bridgehead atoms. The van der Waals surface area contributed by atoms with Crippen LogP contribution in [0.3, 0.4) is 0 Å². The first-order valence-electron chi connectivity index (χ1n) is 8.22. The van der Waals surface area contributed by atoms with Gasteiger partial charge in [0.25, 0.3) is 5.91 Å². The largest absolute Gasteiger partial charge is 0.469 e. The molecule has 0 radical (unpaired) electrons. The third-order valence-corrected chi connectivity index (χ3v) is 3.58. The molecule has 0 atom stereocenters. The Bertz CT molecular complexity index is 823. The third-order valence-electron chi connectivity index (χ3n) is 3.58. The number of hydrogen-bond acceptors (Lipinski definition) is 8. The van der Waals surface area contributed by atoms with Crippen LogP contribution in [0.4, 0.5) is 5.69 Å². The molecule has 0 spiro atoms. The fourth-order valence-electron chi connectivity index (χ4n) is 2.27. The Morgan fingerprint density at radius 1 is 1.00 bits per heavy atom. The smallest absolute Gasteiger partial charge is 0.337 e. The van der Waals surface area contributed by atoms with Gasteiger partial charge in [-0.15, -0.1) is 0 Å². The van der Waals surface area contributed by atoms with Crippen LogP contribution >= 0.6 is 0 Å². The lowest BCUT2D eigenvalue weighted by Gasteiger charge is -2.10. The van der Waals surface area contributed by atoms with Crippen molar-refractivity contribution in [2.75, 3.05) is 26.1 Å². The lowest BCUT2D eigenvalue weighted by Crippen LogP contribution is -2.21. The molecule has 0 aliphatic rings. The van der Waals surface area contributed by atoms with E-state index in [1.165, 1.54) is 38.7 Å². The van der Waals surface area contributed by atoms with Crippen LogP contribution in [0.25, 0.3) is 0 Å². The highest BCUT2D eigenvalue weighted by molar-refractivity contribution is 5.99. The number of ether oxygens (including phenoxy) is 3. The van der Waals surface area contributed by atoms with E-state index in [-0.39, 0.29) is 23.2 Å². The minimum atomic E-state index is -0.689. The topological polar surface area (TPSA) is 121 Å². The number of esters is 3. The van der Waals surface area contributed by atoms with Gasteiger partial charge in [-0.1, -0.05) is 0 Å². The van der Waals surface area contributed by atoms with Gasteiger partial charge in [-0.2, -0.15) is 0 Å². The maximum absolute atomic E-state index is 12.0. The molecule has 1 aromatic heterocycles. The minimum Gasteiger partial charge on any atom is -0.469 e. The molecule has 0 saturated heterocycles. The van der Waals surface area contributed by atoms with Crippen molar-refractivity contribution in [3.05, 3.63) is 53.5 Å². The zero-order valence-electron chi connectivity index (χ0n) is 15.4. The summed E-state index contributed by atoms with van der Waals surface area (Å²) < 4.78 is 19.2. The molecule has 9 nitrogen and oxygen atoms in total. The molecule has 2 aromatic rings. The number of hydrogen-bond donors (Lipinski definition) is 1. The van der Waals surface area contributed by atoms with Crippen molar-refractivity contribution in [1.82, 2.24) is 0 Å². The van der Waals surface area contributed by atoms with Gasteiger partial charge in [0.15, 0.2) is 6.61 Å². The summed E-state index contributed by atoms with van der Waals surface area (Å²) in [4.78, 5) is 47.2. The van der Waals surface area contributed by atoms with Crippen molar-refractivity contribution < 1.29 is 37.8 Å². The Hall–Kier alpha value is -3.62. The van der Waals surface area contributed by atoms with Crippen LogP contribution in [-0.2, 0) is 30.2 Å². The van der Waals surface area contributed by atoms with Crippen molar-refractivity contribution in [2.45, 2.75) is 12.8 Å². The molecule has 1 aromatic carbocycles. The van der Waals surface area contributed by atoms with E-state index in [1.807, 2.05) is 0 Å². The number of benzene rings is 1. The van der Waals surface area contributed by atoms with Gasteiger partial charge in [0.05, 0.1) is 38.0 Å². The number of furan rings is 1. The number of carbonyl (C=O) groups is 4. The van der Waals surface area contributed by atoms with E-state index in [0.29, 0.717) is 12.2 Å². The van der Waals surface area contributed by atoms with Crippen LogP contribution in [-0.4, -0.2) is 44.6 Å². The van der Waals surface area contributed by atoms with Crippen molar-refractivity contribution in [1.29, 1.82) is 0 Å². The Kier molecular flexibility index (Phi) is 7.32. The van der Waals surface area contributed by atoms with E-state index in [2.05, 4.69) is 14.8 Å². The van der Waals surface area contributed by atoms with E-state index in [9.17, 15) is 19.2 Å². The summed E-state index contributed by atoms with van der Waals surface area (Å²) in [7, 11) is 2.38. The zero-order valence-corrected chi connectivity index (χ0v) is 15.4. The fraction of sp³-hybridized carbons (Fsp3) is 0.263. The van der Waals surface area contributed by atoms with Crippen LogP contribution in [0.15, 0.2) is 41.0 Å². The Morgan fingerprint density at radius 3 is 2.18 bits per heavy atom. The molecule has 0 fully saturated rings. The van der Waals surface area contributed by atoms with Gasteiger partial charge in [-0.3, -0.25) is 9.59 Å². The molecule has 1 amide bonds. The second-order valence-corrected chi connectivity index (χ2v) is 5.57. The van der Waals surface area contributed by atoms with Gasteiger partial charge in [0, 0.05) is 12.1 Å². The number of carbonyl (C=O) groups excluding carboxylic acids is 4. The fourth-order valence-corrected chi connectivity index (χ4v) is 2.27. The highest BCUT2D eigenvalue weighted by atomic mass is 16.5. The van der Waals surface area contributed by atoms with Crippen LogP contribution in [0.1, 0.15) is 32.9 Å². The van der Waals surface area contributed by atoms with Crippen LogP contribution in [0.2, 0.25) is 0 Å². The number of anilines is 1. The highest BCUT2D eigenvalue weighted by Gasteiger charge is 2.15. The first-order valence-corrected chi connectivity index (χ1v) is 8.22. The highest BCUT2D eigenvalue weighted by Crippen LogP contribution is 2.17. The van der Waals surface area contributed by atoms with Gasteiger partial charge < -0.3 is 23.9 Å². The standard InChI is InChI=1S/C19H19NO8/c1-25-18(23)12-8-13(19(24)26-2)10-14(9-12)20-16(21)11-28-17(22)6-5-15-4-3-7-27-15/h3-4,7-10H,5-6,11H2,1-2H3,(H,20,21). The van der Waals surface area contributed by atoms with E-state index < -0.39 is 30.4 Å². The van der Waals surface area contributed by atoms with Crippen LogP contribution in [0, 0.1) is 0 Å². The second kappa shape index (κ2) is 9.91. The molecule has 1 N–H and O–H groups in total. The lowest BCUT2D eigenvalue weighted by atomic mass is 10.1. The third kappa shape index (κ3) is 5.97. The maximum atomic E-state index is 12.0. The summed E-state index contributed by atoms with van der Waals surface area (Å²) in [5.74, 6) is -1.94. The summed E-state index contributed by atoms with van der Waals surface area (Å²) >= 11 is 0. The molecule has 0 unspecified atom stereocenters. The van der Waals surface area contributed by atoms with Crippen molar-refractivity contribution in [3.8, 4) is 0 Å². The predicted molar refractivity (Wildman–Crippen MR) is 95.7 cm³/mol. The first kappa shape index (κ1) is 20.7. The van der Waals surface area contributed by atoms with Gasteiger partial charge in [-0.05, 0) is 30.3 Å². The van der Waals surface area contributed by atoms with Crippen molar-refractivity contribution in [3.63, 3.8) is 0 Å². The first-order chi connectivity index (χ1) is 13.4. The molecule has 2 rings (SSSR count). The van der Waals surface area contributed by atoms with Gasteiger partial charge >= 0.3 is 17.9 Å². The number of aryl methyl sites for hydroxylation is 1. The molecule has 148 valence electrons. The lowest BCUT2D eigenvalue weighted by molar-refractivity contribution is -0.147. The number of rotatable bonds is 8. The quantitative estimate of drug-likeness (QED) is 0.537. The molecule has 28 heavy (non-hydrogen) atoms. The molecule has 0 aliphatic carbocycles. The summed E-state index contributed by atoms with van der Waals surface area (Å²) in [6.45, 7) is -0.521. The van der Waals surface area contributed by atoms with E-state index >= 15 is 0 Å². The second-order valence-electron chi connectivity index (χ2n) is 5.57. The summed E-state index contributed by atoms with van der Waals surface area (Å²) in [6, 6.07) is 7.37. The summed E-state index contributed by atoms with van der Waals surface area (Å²) in [5.41, 5.74) is 0.257. The minimum absolute atomic E-state index is 0.0520. The van der Waals surface area contributed by atoms with Gasteiger partial charge in [0.2, 0.25) is 0 Å². The molecular weight excluding hydrogens is 370 g/mol. The number of amides is 1.